The summed E-state index contributed by atoms with van der Waals surface area (Å²) in [5.74, 6) is 1.74. The predicted octanol–water partition coefficient (Wildman–Crippen LogP) is 4.14. The van der Waals surface area contributed by atoms with Crippen molar-refractivity contribution in [1.82, 2.24) is 9.55 Å². The lowest BCUT2D eigenvalue weighted by molar-refractivity contribution is -0.113. The van der Waals surface area contributed by atoms with E-state index in [1.54, 1.807) is 0 Å². The fourth-order valence-electron chi connectivity index (χ4n) is 3.38. The van der Waals surface area contributed by atoms with Crippen LogP contribution >= 0.6 is 11.8 Å². The molecule has 8 heteroatoms. The van der Waals surface area contributed by atoms with Crippen LogP contribution in [0, 0.1) is 0 Å². The highest BCUT2D eigenvalue weighted by molar-refractivity contribution is 7.99. The lowest BCUT2D eigenvalue weighted by atomic mass is 10.1. The van der Waals surface area contributed by atoms with Gasteiger partial charge in [0.05, 0.1) is 17.6 Å². The minimum absolute atomic E-state index is 0.0610. The highest BCUT2D eigenvalue weighted by Crippen LogP contribution is 2.35. The van der Waals surface area contributed by atoms with Crippen LogP contribution in [0.25, 0.3) is 11.3 Å². The lowest BCUT2D eigenvalue weighted by Crippen LogP contribution is -2.15. The summed E-state index contributed by atoms with van der Waals surface area (Å²) in [4.78, 5) is 19.0. The van der Waals surface area contributed by atoms with E-state index in [-0.39, 0.29) is 11.7 Å². The van der Waals surface area contributed by atoms with Crippen molar-refractivity contribution in [1.29, 1.82) is 0 Å². The van der Waals surface area contributed by atoms with Crippen molar-refractivity contribution in [3.8, 4) is 22.8 Å². The number of hydrogen-bond donors (Lipinski definition) is 1. The van der Waals surface area contributed by atoms with Crippen LogP contribution < -0.4 is 19.7 Å². The zero-order valence-electron chi connectivity index (χ0n) is 17.9. The Balaban J connectivity index is 1.42. The second-order valence-corrected chi connectivity index (χ2v) is 8.25. The molecular weight excluding hydrogens is 412 g/mol. The molecule has 0 aliphatic carbocycles. The molecule has 162 valence electrons. The molecule has 0 atom stereocenters. The van der Waals surface area contributed by atoms with Crippen molar-refractivity contribution in [3.05, 3.63) is 48.7 Å². The molecule has 0 bridgehead atoms. The average Bonchev–Trinajstić information content (AvgIpc) is 3.20. The third-order valence-electron chi connectivity index (χ3n) is 4.97. The Bertz CT molecular complexity index is 1060. The van der Waals surface area contributed by atoms with Gasteiger partial charge < -0.3 is 24.3 Å². The van der Waals surface area contributed by atoms with Gasteiger partial charge in [-0.05, 0) is 49.4 Å². The molecule has 1 aliphatic rings. The van der Waals surface area contributed by atoms with E-state index in [2.05, 4.69) is 21.8 Å². The van der Waals surface area contributed by atoms with E-state index in [1.807, 2.05) is 67.7 Å². The molecule has 31 heavy (non-hydrogen) atoms. The lowest BCUT2D eigenvalue weighted by Gasteiger charge is -2.19. The Morgan fingerprint density at radius 3 is 2.58 bits per heavy atom. The highest BCUT2D eigenvalue weighted by atomic mass is 32.2. The summed E-state index contributed by atoms with van der Waals surface area (Å²) in [6.07, 6.45) is 1.84. The topological polar surface area (TPSA) is 68.6 Å². The molecule has 0 saturated heterocycles. The molecule has 0 saturated carbocycles. The third-order valence-corrected chi connectivity index (χ3v) is 5.96. The van der Waals surface area contributed by atoms with E-state index >= 15 is 0 Å². The van der Waals surface area contributed by atoms with Gasteiger partial charge in [-0.2, -0.15) is 0 Å². The van der Waals surface area contributed by atoms with E-state index < -0.39 is 0 Å². The summed E-state index contributed by atoms with van der Waals surface area (Å²) in [6, 6.07) is 13.7. The third kappa shape index (κ3) is 4.80. The number of nitrogens with zero attached hydrogens (tertiary/aromatic N) is 3. The van der Waals surface area contributed by atoms with Gasteiger partial charge in [0.1, 0.15) is 13.2 Å². The maximum Gasteiger partial charge on any atom is 0.234 e. The number of aromatic nitrogens is 2. The first-order valence-corrected chi connectivity index (χ1v) is 11.2. The summed E-state index contributed by atoms with van der Waals surface area (Å²) in [5.41, 5.74) is 3.87. The molecule has 0 radical (unpaired) electrons. The van der Waals surface area contributed by atoms with Gasteiger partial charge in [-0.15, -0.1) is 0 Å². The maximum atomic E-state index is 12.4. The summed E-state index contributed by atoms with van der Waals surface area (Å²) in [6.45, 7) is 3.94. The minimum Gasteiger partial charge on any atom is -0.486 e. The molecule has 4 rings (SSSR count). The molecule has 1 aromatic heterocycles. The first-order chi connectivity index (χ1) is 15.0. The van der Waals surface area contributed by atoms with Crippen molar-refractivity contribution in [2.75, 3.05) is 43.3 Å². The summed E-state index contributed by atoms with van der Waals surface area (Å²) in [7, 11) is 3.97. The summed E-state index contributed by atoms with van der Waals surface area (Å²) >= 11 is 1.43. The van der Waals surface area contributed by atoms with Gasteiger partial charge in [-0.1, -0.05) is 11.8 Å². The monoisotopic (exact) mass is 438 g/mol. The zero-order chi connectivity index (χ0) is 21.8. The number of carbonyl (C=O) groups is 1. The van der Waals surface area contributed by atoms with Crippen LogP contribution in [0.4, 0.5) is 11.4 Å². The van der Waals surface area contributed by atoms with Crippen molar-refractivity contribution in [2.45, 2.75) is 18.6 Å². The molecule has 2 aromatic carbocycles. The van der Waals surface area contributed by atoms with Crippen molar-refractivity contribution in [2.24, 2.45) is 0 Å². The summed E-state index contributed by atoms with van der Waals surface area (Å²) < 4.78 is 13.4. The van der Waals surface area contributed by atoms with Crippen LogP contribution in [0.5, 0.6) is 11.5 Å². The van der Waals surface area contributed by atoms with Crippen LogP contribution in [-0.2, 0) is 11.3 Å². The fraction of sp³-hybridized carbons (Fsp3) is 0.304. The number of thioether (sulfide) groups is 1. The molecule has 0 spiro atoms. The number of anilines is 2. The summed E-state index contributed by atoms with van der Waals surface area (Å²) in [5, 5.41) is 3.75. The zero-order valence-corrected chi connectivity index (χ0v) is 18.7. The number of benzene rings is 2. The van der Waals surface area contributed by atoms with Crippen LogP contribution in [0.15, 0.2) is 53.8 Å². The molecule has 0 fully saturated rings. The molecular formula is C23H26N4O3S. The van der Waals surface area contributed by atoms with Crippen LogP contribution in [0.3, 0.4) is 0 Å². The number of hydrogen-bond acceptors (Lipinski definition) is 6. The van der Waals surface area contributed by atoms with Crippen LogP contribution in [-0.4, -0.2) is 48.5 Å². The first kappa shape index (κ1) is 21.1. The smallest absolute Gasteiger partial charge is 0.234 e. The van der Waals surface area contributed by atoms with E-state index in [4.69, 9.17) is 9.47 Å². The van der Waals surface area contributed by atoms with Gasteiger partial charge >= 0.3 is 0 Å². The van der Waals surface area contributed by atoms with Gasteiger partial charge in [-0.25, -0.2) is 4.98 Å². The van der Waals surface area contributed by atoms with Gasteiger partial charge in [-0.3, -0.25) is 4.79 Å². The molecule has 1 amide bonds. The maximum absolute atomic E-state index is 12.4. The number of nitrogens with one attached hydrogen (secondary N) is 1. The number of fused-ring (bicyclic) bond motifs is 1. The molecule has 1 aliphatic heterocycles. The van der Waals surface area contributed by atoms with Gasteiger partial charge in [0.25, 0.3) is 0 Å². The second kappa shape index (κ2) is 9.34. The van der Waals surface area contributed by atoms with E-state index in [1.165, 1.54) is 11.8 Å². The first-order valence-electron chi connectivity index (χ1n) is 10.2. The number of imidazole rings is 1. The van der Waals surface area contributed by atoms with Crippen molar-refractivity contribution < 1.29 is 14.3 Å². The van der Waals surface area contributed by atoms with Gasteiger partial charge in [0.2, 0.25) is 5.91 Å². The molecule has 7 nitrogen and oxygen atoms in total. The van der Waals surface area contributed by atoms with Crippen LogP contribution in [0.1, 0.15) is 6.92 Å². The normalized spacial score (nSPS) is 12.5. The minimum atomic E-state index is -0.0610. The van der Waals surface area contributed by atoms with Gasteiger partial charge in [0.15, 0.2) is 16.7 Å². The van der Waals surface area contributed by atoms with Crippen LogP contribution in [0.2, 0.25) is 0 Å². The number of amides is 1. The molecule has 0 unspecified atom stereocenters. The highest BCUT2D eigenvalue weighted by Gasteiger charge is 2.17. The standard InChI is InChI=1S/C23H26N4O3S/c1-4-27-19(16-5-10-20-21(13-16)30-12-11-29-20)14-24-23(27)31-15-22(28)25-17-6-8-18(9-7-17)26(2)3/h5-10,13-14H,4,11-12,15H2,1-3H3,(H,25,28). The average molecular weight is 439 g/mol. The van der Waals surface area contributed by atoms with E-state index in [0.29, 0.717) is 13.2 Å². The quantitative estimate of drug-likeness (QED) is 0.559. The Labute approximate surface area is 186 Å². The van der Waals surface area contributed by atoms with Gasteiger partial charge in [0, 0.05) is 37.6 Å². The fourth-order valence-corrected chi connectivity index (χ4v) is 4.23. The second-order valence-electron chi connectivity index (χ2n) is 7.31. The largest absolute Gasteiger partial charge is 0.486 e. The number of carbonyl (C=O) groups excluding carboxylic acids is 1. The Morgan fingerprint density at radius 1 is 1.13 bits per heavy atom. The van der Waals surface area contributed by atoms with E-state index in [9.17, 15) is 4.79 Å². The molecule has 3 aromatic rings. The Kier molecular flexibility index (Phi) is 6.36. The Morgan fingerprint density at radius 2 is 1.87 bits per heavy atom. The molecule has 1 N–H and O–H groups in total. The number of ether oxygens (including phenoxy) is 2. The molecule has 2 heterocycles. The SMILES string of the molecule is CCn1c(-c2ccc3c(c2)OCCO3)cnc1SCC(=O)Nc1ccc(N(C)C)cc1. The van der Waals surface area contributed by atoms with E-state index in [0.717, 1.165) is 45.8 Å². The number of rotatable bonds is 7. The Hall–Kier alpha value is -3.13. The van der Waals surface area contributed by atoms with Crippen molar-refractivity contribution in [3.63, 3.8) is 0 Å². The predicted molar refractivity (Wildman–Crippen MR) is 124 cm³/mol. The van der Waals surface area contributed by atoms with Crippen molar-refractivity contribution >= 4 is 29.0 Å².